The largest absolute Gasteiger partial charge is 0.359 e. The molecule has 3 heteroatoms. The number of para-hydroxylation sites is 1. The van der Waals surface area contributed by atoms with Crippen molar-refractivity contribution < 1.29 is 0 Å². The number of piperidine rings is 1. The van der Waals surface area contributed by atoms with Gasteiger partial charge in [0.15, 0.2) is 0 Å². The number of fused-ring (bicyclic) bond motifs is 1. The molecule has 0 amide bonds. The SMILES string of the molecule is CN=C1CCN(C2=Nc3ccccc3C2)CC1. The van der Waals surface area contributed by atoms with Crippen LogP contribution in [0, 0.1) is 0 Å². The predicted molar refractivity (Wildman–Crippen MR) is 71.4 cm³/mol. The van der Waals surface area contributed by atoms with E-state index in [9.17, 15) is 0 Å². The monoisotopic (exact) mass is 227 g/mol. The van der Waals surface area contributed by atoms with Crippen LogP contribution >= 0.6 is 0 Å². The highest BCUT2D eigenvalue weighted by molar-refractivity contribution is 5.94. The van der Waals surface area contributed by atoms with Gasteiger partial charge >= 0.3 is 0 Å². The molecule has 2 aliphatic heterocycles. The summed E-state index contributed by atoms with van der Waals surface area (Å²) in [7, 11) is 1.90. The van der Waals surface area contributed by atoms with Crippen molar-refractivity contribution in [3.05, 3.63) is 29.8 Å². The Morgan fingerprint density at radius 2 is 1.94 bits per heavy atom. The van der Waals surface area contributed by atoms with Gasteiger partial charge in [-0.3, -0.25) is 4.99 Å². The number of hydrogen-bond acceptors (Lipinski definition) is 3. The van der Waals surface area contributed by atoms with Crippen molar-refractivity contribution in [2.75, 3.05) is 20.1 Å². The first-order chi connectivity index (χ1) is 8.36. The van der Waals surface area contributed by atoms with Gasteiger partial charge in [0.1, 0.15) is 5.84 Å². The molecule has 0 unspecified atom stereocenters. The van der Waals surface area contributed by atoms with Gasteiger partial charge in [0, 0.05) is 45.1 Å². The molecular weight excluding hydrogens is 210 g/mol. The molecule has 1 aromatic rings. The smallest absolute Gasteiger partial charge is 0.109 e. The Hall–Kier alpha value is -1.64. The minimum Gasteiger partial charge on any atom is -0.359 e. The number of likely N-dealkylation sites (tertiary alicyclic amines) is 1. The van der Waals surface area contributed by atoms with E-state index in [2.05, 4.69) is 34.2 Å². The summed E-state index contributed by atoms with van der Waals surface area (Å²) in [6, 6.07) is 8.43. The van der Waals surface area contributed by atoms with Crippen molar-refractivity contribution in [3.8, 4) is 0 Å². The van der Waals surface area contributed by atoms with Crippen LogP contribution in [0.5, 0.6) is 0 Å². The van der Waals surface area contributed by atoms with E-state index in [4.69, 9.17) is 4.99 Å². The second-order valence-corrected chi connectivity index (χ2v) is 4.61. The van der Waals surface area contributed by atoms with Crippen LogP contribution in [0.2, 0.25) is 0 Å². The summed E-state index contributed by atoms with van der Waals surface area (Å²) in [4.78, 5) is 11.4. The maximum atomic E-state index is 4.73. The molecule has 0 aromatic heterocycles. The van der Waals surface area contributed by atoms with Gasteiger partial charge in [0.2, 0.25) is 0 Å². The van der Waals surface area contributed by atoms with Crippen molar-refractivity contribution in [3.63, 3.8) is 0 Å². The van der Waals surface area contributed by atoms with E-state index in [1.807, 2.05) is 7.05 Å². The Labute approximate surface area is 102 Å². The quantitative estimate of drug-likeness (QED) is 0.669. The normalized spacial score (nSPS) is 19.0. The number of aliphatic imine (C=N–C) groups is 2. The molecule has 17 heavy (non-hydrogen) atoms. The molecule has 0 spiro atoms. The summed E-state index contributed by atoms with van der Waals surface area (Å²) < 4.78 is 0. The van der Waals surface area contributed by atoms with E-state index < -0.39 is 0 Å². The zero-order valence-electron chi connectivity index (χ0n) is 10.2. The number of nitrogens with zero attached hydrogens (tertiary/aromatic N) is 3. The van der Waals surface area contributed by atoms with Crippen LogP contribution in [0.15, 0.2) is 34.3 Å². The van der Waals surface area contributed by atoms with Gasteiger partial charge in [-0.25, -0.2) is 4.99 Å². The van der Waals surface area contributed by atoms with E-state index in [1.54, 1.807) is 0 Å². The van der Waals surface area contributed by atoms with Crippen LogP contribution < -0.4 is 0 Å². The van der Waals surface area contributed by atoms with Crippen LogP contribution in [0.3, 0.4) is 0 Å². The van der Waals surface area contributed by atoms with Gasteiger partial charge < -0.3 is 4.90 Å². The number of hydrogen-bond donors (Lipinski definition) is 0. The molecule has 3 nitrogen and oxygen atoms in total. The minimum atomic E-state index is 0.995. The second kappa shape index (κ2) is 4.32. The number of benzene rings is 1. The summed E-state index contributed by atoms with van der Waals surface area (Å²) in [5.41, 5.74) is 3.85. The molecule has 0 aliphatic carbocycles. The van der Waals surface area contributed by atoms with E-state index in [0.29, 0.717) is 0 Å². The topological polar surface area (TPSA) is 28.0 Å². The minimum absolute atomic E-state index is 0.995. The molecule has 0 atom stereocenters. The molecule has 2 heterocycles. The molecule has 0 radical (unpaired) electrons. The third-order valence-electron chi connectivity index (χ3n) is 3.61. The lowest BCUT2D eigenvalue weighted by molar-refractivity contribution is 0.414. The van der Waals surface area contributed by atoms with Gasteiger partial charge in [0.25, 0.3) is 0 Å². The highest BCUT2D eigenvalue weighted by Crippen LogP contribution is 2.27. The third-order valence-corrected chi connectivity index (χ3v) is 3.61. The highest BCUT2D eigenvalue weighted by atomic mass is 15.2. The molecular formula is C14H17N3. The molecule has 0 bridgehead atoms. The molecule has 1 aromatic carbocycles. The summed E-state index contributed by atoms with van der Waals surface area (Å²) in [5.74, 6) is 1.24. The standard InChI is InChI=1S/C14H17N3/c1-15-12-6-8-17(9-7-12)14-10-11-4-2-3-5-13(11)16-14/h2-5H,6-10H2,1H3. The zero-order valence-corrected chi connectivity index (χ0v) is 10.2. The molecule has 2 aliphatic rings. The third kappa shape index (κ3) is 1.97. The Bertz CT molecular complexity index is 478. The molecule has 1 fully saturated rings. The van der Waals surface area contributed by atoms with Crippen LogP contribution in [-0.2, 0) is 6.42 Å². The van der Waals surface area contributed by atoms with Gasteiger partial charge in [-0.15, -0.1) is 0 Å². The first-order valence-corrected chi connectivity index (χ1v) is 6.22. The fraction of sp³-hybridized carbons (Fsp3) is 0.429. The molecule has 0 N–H and O–H groups in total. The Balaban J connectivity index is 1.73. The Morgan fingerprint density at radius 1 is 1.18 bits per heavy atom. The van der Waals surface area contributed by atoms with Gasteiger partial charge in [-0.2, -0.15) is 0 Å². The van der Waals surface area contributed by atoms with E-state index in [-0.39, 0.29) is 0 Å². The van der Waals surface area contributed by atoms with Gasteiger partial charge in [0.05, 0.1) is 5.69 Å². The number of rotatable bonds is 0. The molecule has 3 rings (SSSR count). The number of amidine groups is 1. The summed E-state index contributed by atoms with van der Waals surface area (Å²) in [5, 5.41) is 0. The fourth-order valence-corrected chi connectivity index (χ4v) is 2.55. The van der Waals surface area contributed by atoms with Crippen molar-refractivity contribution in [1.29, 1.82) is 0 Å². The maximum Gasteiger partial charge on any atom is 0.109 e. The lowest BCUT2D eigenvalue weighted by Gasteiger charge is -2.29. The highest BCUT2D eigenvalue weighted by Gasteiger charge is 2.22. The first-order valence-electron chi connectivity index (χ1n) is 6.22. The van der Waals surface area contributed by atoms with Gasteiger partial charge in [-0.1, -0.05) is 18.2 Å². The van der Waals surface area contributed by atoms with Crippen LogP contribution in [0.25, 0.3) is 0 Å². The first kappa shape index (κ1) is 10.5. The lowest BCUT2D eigenvalue weighted by atomic mass is 10.1. The summed E-state index contributed by atoms with van der Waals surface area (Å²) >= 11 is 0. The van der Waals surface area contributed by atoms with Crippen LogP contribution in [0.1, 0.15) is 18.4 Å². The van der Waals surface area contributed by atoms with Crippen LogP contribution in [0.4, 0.5) is 5.69 Å². The van der Waals surface area contributed by atoms with Gasteiger partial charge in [-0.05, 0) is 11.6 Å². The maximum absolute atomic E-state index is 4.73. The van der Waals surface area contributed by atoms with Crippen LogP contribution in [-0.4, -0.2) is 36.6 Å². The lowest BCUT2D eigenvalue weighted by Crippen LogP contribution is -2.38. The summed E-state index contributed by atoms with van der Waals surface area (Å²) in [6.07, 6.45) is 3.17. The zero-order chi connectivity index (χ0) is 11.7. The fourth-order valence-electron chi connectivity index (χ4n) is 2.55. The van der Waals surface area contributed by atoms with Crippen molar-refractivity contribution in [2.24, 2.45) is 9.98 Å². The predicted octanol–water partition coefficient (Wildman–Crippen LogP) is 2.44. The van der Waals surface area contributed by atoms with E-state index in [1.165, 1.54) is 17.1 Å². The average Bonchev–Trinajstić information content (AvgIpc) is 2.82. The van der Waals surface area contributed by atoms with E-state index >= 15 is 0 Å². The van der Waals surface area contributed by atoms with Crippen molar-refractivity contribution in [2.45, 2.75) is 19.3 Å². The molecule has 1 saturated heterocycles. The summed E-state index contributed by atoms with van der Waals surface area (Å²) in [6.45, 7) is 2.14. The Kier molecular flexibility index (Phi) is 2.67. The average molecular weight is 227 g/mol. The van der Waals surface area contributed by atoms with Crippen molar-refractivity contribution >= 4 is 17.2 Å². The second-order valence-electron chi connectivity index (χ2n) is 4.61. The Morgan fingerprint density at radius 3 is 2.65 bits per heavy atom. The molecule has 88 valence electrons. The van der Waals surface area contributed by atoms with E-state index in [0.717, 1.165) is 38.0 Å². The molecule has 0 saturated carbocycles. The van der Waals surface area contributed by atoms with Crippen molar-refractivity contribution in [1.82, 2.24) is 4.90 Å².